The molecule has 0 unspecified atom stereocenters. The molecule has 0 atom stereocenters. The number of aromatic nitrogens is 2. The summed E-state index contributed by atoms with van der Waals surface area (Å²) in [5.74, 6) is -0.631. The summed E-state index contributed by atoms with van der Waals surface area (Å²) in [7, 11) is 0. The summed E-state index contributed by atoms with van der Waals surface area (Å²) in [6.07, 6.45) is 0.768. The number of thiophene rings is 1. The minimum atomic E-state index is -0.451. The van der Waals surface area contributed by atoms with Crippen molar-refractivity contribution in [2.45, 2.75) is 20.3 Å². The van der Waals surface area contributed by atoms with E-state index in [1.54, 1.807) is 13.0 Å². The molecule has 0 spiro atoms. The molecular formula is C13H16N4O3S. The third kappa shape index (κ3) is 3.40. The van der Waals surface area contributed by atoms with Crippen molar-refractivity contribution in [2.24, 2.45) is 0 Å². The van der Waals surface area contributed by atoms with Crippen LogP contribution in [0.5, 0.6) is 0 Å². The molecule has 1 amide bonds. The molecule has 2 aromatic rings. The Balaban J connectivity index is 2.24. The molecule has 4 N–H and O–H groups in total. The Morgan fingerprint density at radius 2 is 2.19 bits per heavy atom. The second-order valence-corrected chi connectivity index (χ2v) is 5.33. The van der Waals surface area contributed by atoms with E-state index in [4.69, 9.17) is 10.5 Å². The molecule has 0 saturated heterocycles. The van der Waals surface area contributed by atoms with Crippen molar-refractivity contribution in [2.75, 3.05) is 17.7 Å². The zero-order valence-electron chi connectivity index (χ0n) is 11.7. The summed E-state index contributed by atoms with van der Waals surface area (Å²) < 4.78 is 4.99. The van der Waals surface area contributed by atoms with Crippen LogP contribution in [-0.2, 0) is 11.2 Å². The lowest BCUT2D eigenvalue weighted by molar-refractivity contribution is 0.0528. The summed E-state index contributed by atoms with van der Waals surface area (Å²) in [5.41, 5.74) is 6.05. The number of anilines is 2. The number of rotatable bonds is 5. The van der Waals surface area contributed by atoms with Crippen molar-refractivity contribution in [1.82, 2.24) is 10.2 Å². The van der Waals surface area contributed by atoms with E-state index in [9.17, 15) is 9.59 Å². The zero-order valence-corrected chi connectivity index (χ0v) is 12.5. The molecule has 112 valence electrons. The highest BCUT2D eigenvalue weighted by Gasteiger charge is 2.19. The molecule has 0 fully saturated rings. The number of esters is 1. The molecule has 0 radical (unpaired) electrons. The highest BCUT2D eigenvalue weighted by atomic mass is 32.1. The largest absolute Gasteiger partial charge is 0.462 e. The number of aryl methyl sites for hydroxylation is 1. The van der Waals surface area contributed by atoms with Crippen LogP contribution in [0.2, 0.25) is 0 Å². The van der Waals surface area contributed by atoms with Crippen LogP contribution in [0.3, 0.4) is 0 Å². The van der Waals surface area contributed by atoms with Crippen LogP contribution in [0.15, 0.2) is 12.1 Å². The number of hydrogen-bond acceptors (Lipinski definition) is 6. The Hall–Kier alpha value is -2.35. The van der Waals surface area contributed by atoms with E-state index in [1.165, 1.54) is 17.4 Å². The van der Waals surface area contributed by atoms with E-state index in [0.717, 1.165) is 11.3 Å². The molecule has 0 aliphatic carbocycles. The van der Waals surface area contributed by atoms with E-state index in [-0.39, 0.29) is 18.1 Å². The number of carbonyl (C=O) groups is 2. The molecule has 0 aliphatic heterocycles. The van der Waals surface area contributed by atoms with Crippen molar-refractivity contribution in [1.29, 1.82) is 0 Å². The van der Waals surface area contributed by atoms with Crippen molar-refractivity contribution < 1.29 is 14.3 Å². The quantitative estimate of drug-likeness (QED) is 0.732. The van der Waals surface area contributed by atoms with Crippen LogP contribution in [0.25, 0.3) is 0 Å². The minimum Gasteiger partial charge on any atom is -0.462 e. The number of H-pyrrole nitrogens is 1. The Morgan fingerprint density at radius 1 is 1.43 bits per heavy atom. The Kier molecular flexibility index (Phi) is 4.59. The average molecular weight is 308 g/mol. The third-order valence-corrected chi connectivity index (χ3v) is 3.89. The fraction of sp³-hybridized carbons (Fsp3) is 0.308. The van der Waals surface area contributed by atoms with Crippen LogP contribution >= 0.6 is 11.3 Å². The second kappa shape index (κ2) is 6.40. The average Bonchev–Trinajstić information content (AvgIpc) is 3.05. The van der Waals surface area contributed by atoms with Gasteiger partial charge in [0.05, 0.1) is 12.2 Å². The number of hydrogen-bond donors (Lipinski definition) is 3. The third-order valence-electron chi connectivity index (χ3n) is 2.70. The summed E-state index contributed by atoms with van der Waals surface area (Å²) in [5, 5.41) is 9.36. The van der Waals surface area contributed by atoms with Gasteiger partial charge in [0.15, 0.2) is 0 Å². The van der Waals surface area contributed by atoms with Gasteiger partial charge in [0.25, 0.3) is 5.91 Å². The number of aromatic amines is 1. The van der Waals surface area contributed by atoms with Gasteiger partial charge in [-0.1, -0.05) is 6.92 Å². The monoisotopic (exact) mass is 308 g/mol. The van der Waals surface area contributed by atoms with Gasteiger partial charge in [-0.3, -0.25) is 9.89 Å². The number of nitrogens with zero attached hydrogens (tertiary/aromatic N) is 1. The van der Waals surface area contributed by atoms with Crippen LogP contribution < -0.4 is 11.1 Å². The summed E-state index contributed by atoms with van der Waals surface area (Å²) in [6.45, 7) is 3.99. The van der Waals surface area contributed by atoms with Crippen LogP contribution in [0.1, 0.15) is 39.6 Å². The van der Waals surface area contributed by atoms with Gasteiger partial charge in [-0.15, -0.1) is 11.3 Å². The van der Waals surface area contributed by atoms with Gasteiger partial charge < -0.3 is 15.8 Å². The highest BCUT2D eigenvalue weighted by molar-refractivity contribution is 7.16. The number of ether oxygens (including phenoxy) is 1. The van der Waals surface area contributed by atoms with Gasteiger partial charge in [0.1, 0.15) is 16.5 Å². The first kappa shape index (κ1) is 15.0. The standard InChI is InChI=1S/C13H16N4O3S/c1-3-7-5-8(13(19)20-4-2)12(21-7)15-11(18)9-6-10(14)17-16-9/h5-6H,3-4H2,1-2H3,(H,15,18)(H3,14,16,17). The van der Waals surface area contributed by atoms with E-state index < -0.39 is 11.9 Å². The van der Waals surface area contributed by atoms with Crippen molar-refractivity contribution in [3.63, 3.8) is 0 Å². The summed E-state index contributed by atoms with van der Waals surface area (Å²) in [4.78, 5) is 25.0. The molecule has 0 aromatic carbocycles. The number of nitrogens with two attached hydrogens (primary N) is 1. The summed E-state index contributed by atoms with van der Waals surface area (Å²) in [6, 6.07) is 3.16. The first-order valence-corrected chi connectivity index (χ1v) is 7.28. The van der Waals surface area contributed by atoms with E-state index in [0.29, 0.717) is 10.6 Å². The maximum atomic E-state index is 12.1. The maximum Gasteiger partial charge on any atom is 0.341 e. The first-order valence-electron chi connectivity index (χ1n) is 6.47. The fourth-order valence-corrected chi connectivity index (χ4v) is 2.67. The van der Waals surface area contributed by atoms with E-state index in [2.05, 4.69) is 15.5 Å². The predicted molar refractivity (Wildman–Crippen MR) is 80.6 cm³/mol. The van der Waals surface area contributed by atoms with Gasteiger partial charge >= 0.3 is 5.97 Å². The second-order valence-electron chi connectivity index (χ2n) is 4.19. The SMILES string of the molecule is CCOC(=O)c1cc(CC)sc1NC(=O)c1cc(N)n[nH]1. The lowest BCUT2D eigenvalue weighted by Crippen LogP contribution is -2.14. The molecule has 0 saturated carbocycles. The van der Waals surface area contributed by atoms with Gasteiger partial charge in [-0.2, -0.15) is 5.10 Å². The molecule has 7 nitrogen and oxygen atoms in total. The zero-order chi connectivity index (χ0) is 15.4. The lowest BCUT2D eigenvalue weighted by atomic mass is 10.2. The van der Waals surface area contributed by atoms with Crippen molar-refractivity contribution >= 4 is 34.0 Å². The lowest BCUT2D eigenvalue weighted by Gasteiger charge is -2.04. The molecular weight excluding hydrogens is 292 g/mol. The molecule has 0 bridgehead atoms. The molecule has 8 heteroatoms. The number of carbonyl (C=O) groups excluding carboxylic acids is 2. The summed E-state index contributed by atoms with van der Waals surface area (Å²) >= 11 is 1.35. The topological polar surface area (TPSA) is 110 Å². The van der Waals surface area contributed by atoms with Gasteiger partial charge in [-0.05, 0) is 19.4 Å². The number of nitrogens with one attached hydrogen (secondary N) is 2. The normalized spacial score (nSPS) is 10.4. The van der Waals surface area contributed by atoms with E-state index >= 15 is 0 Å². The maximum absolute atomic E-state index is 12.1. The van der Waals surface area contributed by atoms with Gasteiger partial charge in [-0.25, -0.2) is 4.79 Å². The van der Waals surface area contributed by atoms with E-state index in [1.807, 2.05) is 6.92 Å². The highest BCUT2D eigenvalue weighted by Crippen LogP contribution is 2.29. The molecule has 2 aromatic heterocycles. The minimum absolute atomic E-state index is 0.228. The van der Waals surface area contributed by atoms with Crippen LogP contribution in [-0.4, -0.2) is 28.7 Å². The molecule has 21 heavy (non-hydrogen) atoms. The Bertz CT molecular complexity index is 662. The fourth-order valence-electron chi connectivity index (χ4n) is 1.69. The van der Waals surface area contributed by atoms with Gasteiger partial charge in [0, 0.05) is 10.9 Å². The van der Waals surface area contributed by atoms with Crippen molar-refractivity contribution in [3.8, 4) is 0 Å². The smallest absolute Gasteiger partial charge is 0.341 e. The van der Waals surface area contributed by atoms with Crippen LogP contribution in [0, 0.1) is 0 Å². The first-order chi connectivity index (χ1) is 10.0. The predicted octanol–water partition coefficient (Wildman–Crippen LogP) is 2.04. The number of nitrogen functional groups attached to an aromatic ring is 1. The number of amides is 1. The molecule has 2 rings (SSSR count). The molecule has 0 aliphatic rings. The van der Waals surface area contributed by atoms with Gasteiger partial charge in [0.2, 0.25) is 0 Å². The Labute approximate surface area is 125 Å². The van der Waals surface area contributed by atoms with Crippen molar-refractivity contribution in [3.05, 3.63) is 28.3 Å². The Morgan fingerprint density at radius 3 is 2.76 bits per heavy atom. The van der Waals surface area contributed by atoms with Crippen LogP contribution in [0.4, 0.5) is 10.8 Å². The molecule has 2 heterocycles.